The minimum absolute atomic E-state index is 0.555. The Labute approximate surface area is 100 Å². The van der Waals surface area contributed by atoms with Crippen LogP contribution in [0, 0.1) is 0 Å². The van der Waals surface area contributed by atoms with E-state index in [1.807, 2.05) is 22.8 Å². The fraction of sp³-hybridized carbons (Fsp3) is 0.417. The summed E-state index contributed by atoms with van der Waals surface area (Å²) in [5.74, 6) is 0.555. The Morgan fingerprint density at radius 1 is 1.38 bits per heavy atom. The van der Waals surface area contributed by atoms with Crippen LogP contribution in [0.5, 0.6) is 0 Å². The first-order chi connectivity index (χ1) is 7.74. The summed E-state index contributed by atoms with van der Waals surface area (Å²) in [5, 5.41) is 0.721. The van der Waals surface area contributed by atoms with Crippen LogP contribution in [-0.4, -0.2) is 9.55 Å². The summed E-state index contributed by atoms with van der Waals surface area (Å²) < 4.78 is 2.01. The number of hydrogen-bond donors (Lipinski definition) is 1. The number of anilines is 1. The van der Waals surface area contributed by atoms with E-state index < -0.39 is 0 Å². The van der Waals surface area contributed by atoms with Crippen LogP contribution in [0.4, 0.5) is 5.95 Å². The summed E-state index contributed by atoms with van der Waals surface area (Å²) in [6, 6.07) is 5.71. The van der Waals surface area contributed by atoms with Gasteiger partial charge in [-0.3, -0.25) is 0 Å². The van der Waals surface area contributed by atoms with Gasteiger partial charge in [-0.15, -0.1) is 0 Å². The van der Waals surface area contributed by atoms with Gasteiger partial charge in [0.05, 0.1) is 16.1 Å². The summed E-state index contributed by atoms with van der Waals surface area (Å²) >= 11 is 6.17. The zero-order valence-corrected chi connectivity index (χ0v) is 10.2. The average Bonchev–Trinajstić information content (AvgIpc) is 2.57. The lowest BCUT2D eigenvalue weighted by atomic mass is 10.2. The Bertz CT molecular complexity index is 490. The smallest absolute Gasteiger partial charge is 0.201 e. The van der Waals surface area contributed by atoms with Crippen molar-refractivity contribution in [1.29, 1.82) is 0 Å². The predicted molar refractivity (Wildman–Crippen MR) is 68.7 cm³/mol. The second-order valence-electron chi connectivity index (χ2n) is 3.94. The van der Waals surface area contributed by atoms with Gasteiger partial charge in [-0.1, -0.05) is 37.4 Å². The molecule has 2 aromatic rings. The first-order valence-electron chi connectivity index (χ1n) is 5.64. The molecule has 0 aliphatic heterocycles. The van der Waals surface area contributed by atoms with Gasteiger partial charge in [-0.25, -0.2) is 4.98 Å². The van der Waals surface area contributed by atoms with Crippen LogP contribution in [-0.2, 0) is 6.54 Å². The Morgan fingerprint density at radius 2 is 2.19 bits per heavy atom. The van der Waals surface area contributed by atoms with Crippen LogP contribution < -0.4 is 5.73 Å². The third-order valence-corrected chi connectivity index (χ3v) is 3.04. The SMILES string of the molecule is CCCCCn1c(N)nc2cccc(Cl)c21. The molecule has 16 heavy (non-hydrogen) atoms. The number of nitrogens with two attached hydrogens (primary N) is 1. The molecular formula is C12H16ClN3. The molecular weight excluding hydrogens is 222 g/mol. The van der Waals surface area contributed by atoms with E-state index in [1.54, 1.807) is 0 Å². The topological polar surface area (TPSA) is 43.8 Å². The number of benzene rings is 1. The molecule has 0 saturated heterocycles. The lowest BCUT2D eigenvalue weighted by molar-refractivity contribution is 0.619. The average molecular weight is 238 g/mol. The molecule has 0 aliphatic carbocycles. The summed E-state index contributed by atoms with van der Waals surface area (Å²) in [6.07, 6.45) is 3.50. The van der Waals surface area contributed by atoms with Crippen molar-refractivity contribution in [2.75, 3.05) is 5.73 Å². The number of nitrogen functional groups attached to an aromatic ring is 1. The number of rotatable bonds is 4. The first-order valence-corrected chi connectivity index (χ1v) is 6.02. The number of aromatic nitrogens is 2. The molecule has 86 valence electrons. The van der Waals surface area contributed by atoms with E-state index in [1.165, 1.54) is 12.8 Å². The Balaban J connectivity index is 2.38. The maximum Gasteiger partial charge on any atom is 0.201 e. The normalized spacial score (nSPS) is 11.1. The van der Waals surface area contributed by atoms with Crippen molar-refractivity contribution in [2.24, 2.45) is 0 Å². The lowest BCUT2D eigenvalue weighted by Crippen LogP contribution is -2.03. The molecule has 1 aromatic carbocycles. The number of imidazole rings is 1. The number of para-hydroxylation sites is 1. The standard InChI is InChI=1S/C12H16ClN3/c1-2-3-4-8-16-11-9(13)6-5-7-10(11)15-12(16)14/h5-7H,2-4,8H2,1H3,(H2,14,15). The molecule has 0 radical (unpaired) electrons. The van der Waals surface area contributed by atoms with Crippen molar-refractivity contribution < 1.29 is 0 Å². The molecule has 2 N–H and O–H groups in total. The van der Waals surface area contributed by atoms with Gasteiger partial charge in [0, 0.05) is 6.54 Å². The van der Waals surface area contributed by atoms with Gasteiger partial charge >= 0.3 is 0 Å². The summed E-state index contributed by atoms with van der Waals surface area (Å²) in [5.41, 5.74) is 7.73. The van der Waals surface area contributed by atoms with Gasteiger partial charge < -0.3 is 10.3 Å². The van der Waals surface area contributed by atoms with Crippen molar-refractivity contribution in [1.82, 2.24) is 9.55 Å². The van der Waals surface area contributed by atoms with Crippen LogP contribution >= 0.6 is 11.6 Å². The monoisotopic (exact) mass is 237 g/mol. The fourth-order valence-corrected chi connectivity index (χ4v) is 2.18. The number of fused-ring (bicyclic) bond motifs is 1. The Morgan fingerprint density at radius 3 is 2.94 bits per heavy atom. The quantitative estimate of drug-likeness (QED) is 0.828. The summed E-state index contributed by atoms with van der Waals surface area (Å²) in [6.45, 7) is 3.07. The number of halogens is 1. The molecule has 3 nitrogen and oxygen atoms in total. The second kappa shape index (κ2) is 4.74. The number of nitrogens with zero attached hydrogens (tertiary/aromatic N) is 2. The summed E-state index contributed by atoms with van der Waals surface area (Å²) in [7, 11) is 0. The number of unbranched alkanes of at least 4 members (excludes halogenated alkanes) is 2. The molecule has 1 aromatic heterocycles. The molecule has 0 amide bonds. The third-order valence-electron chi connectivity index (χ3n) is 2.73. The zero-order chi connectivity index (χ0) is 11.5. The molecule has 0 fully saturated rings. The predicted octanol–water partition coefficient (Wildman–Crippen LogP) is 3.46. The zero-order valence-electron chi connectivity index (χ0n) is 9.41. The van der Waals surface area contributed by atoms with E-state index in [0.717, 1.165) is 29.0 Å². The summed E-state index contributed by atoms with van der Waals surface area (Å²) in [4.78, 5) is 4.31. The molecule has 0 atom stereocenters. The van der Waals surface area contributed by atoms with Gasteiger partial charge in [0.25, 0.3) is 0 Å². The second-order valence-corrected chi connectivity index (χ2v) is 4.34. The molecule has 0 bridgehead atoms. The van der Waals surface area contributed by atoms with Gasteiger partial charge in [0.1, 0.15) is 0 Å². The van der Waals surface area contributed by atoms with Crippen molar-refractivity contribution in [3.8, 4) is 0 Å². The maximum absolute atomic E-state index is 6.17. The van der Waals surface area contributed by atoms with E-state index in [-0.39, 0.29) is 0 Å². The van der Waals surface area contributed by atoms with Crippen LogP contribution in [0.15, 0.2) is 18.2 Å². The highest BCUT2D eigenvalue weighted by atomic mass is 35.5. The van der Waals surface area contributed by atoms with Crippen molar-refractivity contribution in [3.05, 3.63) is 23.2 Å². The number of hydrogen-bond acceptors (Lipinski definition) is 2. The molecule has 1 heterocycles. The molecule has 0 saturated carbocycles. The van der Waals surface area contributed by atoms with Crippen LogP contribution in [0.3, 0.4) is 0 Å². The van der Waals surface area contributed by atoms with Crippen molar-refractivity contribution >= 4 is 28.6 Å². The molecule has 2 rings (SSSR count). The van der Waals surface area contributed by atoms with Crippen LogP contribution in [0.1, 0.15) is 26.2 Å². The largest absolute Gasteiger partial charge is 0.369 e. The number of aryl methyl sites for hydroxylation is 1. The minimum Gasteiger partial charge on any atom is -0.369 e. The van der Waals surface area contributed by atoms with E-state index >= 15 is 0 Å². The highest BCUT2D eigenvalue weighted by Crippen LogP contribution is 2.25. The minimum atomic E-state index is 0.555. The van der Waals surface area contributed by atoms with Crippen molar-refractivity contribution in [3.63, 3.8) is 0 Å². The molecule has 4 heteroatoms. The Hall–Kier alpha value is -1.22. The van der Waals surface area contributed by atoms with Gasteiger partial charge in [-0.05, 0) is 18.6 Å². The van der Waals surface area contributed by atoms with Crippen LogP contribution in [0.25, 0.3) is 11.0 Å². The van der Waals surface area contributed by atoms with Crippen LogP contribution in [0.2, 0.25) is 5.02 Å². The van der Waals surface area contributed by atoms with E-state index in [9.17, 15) is 0 Å². The Kier molecular flexibility index (Phi) is 3.34. The first kappa shape index (κ1) is 11.3. The highest BCUT2D eigenvalue weighted by molar-refractivity contribution is 6.35. The molecule has 0 unspecified atom stereocenters. The van der Waals surface area contributed by atoms with Crippen molar-refractivity contribution in [2.45, 2.75) is 32.7 Å². The third kappa shape index (κ3) is 2.00. The molecule has 0 spiro atoms. The van der Waals surface area contributed by atoms with E-state index in [2.05, 4.69) is 11.9 Å². The van der Waals surface area contributed by atoms with Gasteiger partial charge in [0.2, 0.25) is 5.95 Å². The fourth-order valence-electron chi connectivity index (χ4n) is 1.91. The van der Waals surface area contributed by atoms with Gasteiger partial charge in [-0.2, -0.15) is 0 Å². The maximum atomic E-state index is 6.17. The molecule has 0 aliphatic rings. The highest BCUT2D eigenvalue weighted by Gasteiger charge is 2.10. The van der Waals surface area contributed by atoms with E-state index in [4.69, 9.17) is 17.3 Å². The van der Waals surface area contributed by atoms with E-state index in [0.29, 0.717) is 5.95 Å². The van der Waals surface area contributed by atoms with Gasteiger partial charge in [0.15, 0.2) is 0 Å². The lowest BCUT2D eigenvalue weighted by Gasteiger charge is -2.06.